The Morgan fingerprint density at radius 2 is 2.18 bits per heavy atom. The first kappa shape index (κ1) is 14.6. The van der Waals surface area contributed by atoms with Gasteiger partial charge >= 0.3 is 0 Å². The number of rotatable bonds is 4. The fourth-order valence-electron chi connectivity index (χ4n) is 2.42. The molecule has 0 radical (unpaired) electrons. The van der Waals surface area contributed by atoms with Gasteiger partial charge in [0.25, 0.3) is 5.91 Å². The zero-order chi connectivity index (χ0) is 15.7. The number of para-hydroxylation sites is 1. The highest BCUT2D eigenvalue weighted by molar-refractivity contribution is 5.82. The van der Waals surface area contributed by atoms with Crippen LogP contribution in [0.1, 0.15) is 37.0 Å². The van der Waals surface area contributed by atoms with Crippen LogP contribution in [-0.2, 0) is 17.8 Å². The Balaban J connectivity index is 1.63. The molecule has 0 aliphatic carbocycles. The van der Waals surface area contributed by atoms with Crippen molar-refractivity contribution in [1.82, 2.24) is 15.0 Å². The minimum atomic E-state index is -0.473. The maximum Gasteiger partial charge on any atom is 0.264 e. The van der Waals surface area contributed by atoms with Crippen LogP contribution in [0.4, 0.5) is 0 Å². The van der Waals surface area contributed by atoms with Crippen molar-refractivity contribution < 1.29 is 14.1 Å². The standard InChI is InChI=1S/C16H19N3O3/c1-10(2)15-17-14(18-22-15)9-19(3)16(20)13-8-11-6-4-5-7-12(11)21-13/h4-7,10,13H,8-9H2,1-3H3/t13-/m1/s1. The van der Waals surface area contributed by atoms with E-state index in [1.54, 1.807) is 11.9 Å². The van der Waals surface area contributed by atoms with Gasteiger partial charge in [-0.15, -0.1) is 0 Å². The van der Waals surface area contributed by atoms with E-state index in [9.17, 15) is 4.79 Å². The molecule has 1 aromatic carbocycles. The lowest BCUT2D eigenvalue weighted by atomic mass is 10.1. The van der Waals surface area contributed by atoms with E-state index in [-0.39, 0.29) is 11.8 Å². The number of likely N-dealkylation sites (N-methyl/N-ethyl adjacent to an activating group) is 1. The summed E-state index contributed by atoms with van der Waals surface area (Å²) in [6.07, 6.45) is 0.127. The lowest BCUT2D eigenvalue weighted by molar-refractivity contribution is -0.137. The maximum absolute atomic E-state index is 12.5. The number of hydrogen-bond donors (Lipinski definition) is 0. The predicted molar refractivity (Wildman–Crippen MR) is 79.4 cm³/mol. The topological polar surface area (TPSA) is 68.5 Å². The summed E-state index contributed by atoms with van der Waals surface area (Å²) in [6, 6.07) is 7.72. The fourth-order valence-corrected chi connectivity index (χ4v) is 2.42. The van der Waals surface area contributed by atoms with Gasteiger partial charge in [-0.3, -0.25) is 4.79 Å². The Hall–Kier alpha value is -2.37. The number of fused-ring (bicyclic) bond motifs is 1. The number of carbonyl (C=O) groups excluding carboxylic acids is 1. The van der Waals surface area contributed by atoms with E-state index in [2.05, 4.69) is 10.1 Å². The summed E-state index contributed by atoms with van der Waals surface area (Å²) in [5.41, 5.74) is 1.07. The highest BCUT2D eigenvalue weighted by Gasteiger charge is 2.31. The third-order valence-corrected chi connectivity index (χ3v) is 3.66. The first-order valence-electron chi connectivity index (χ1n) is 7.36. The molecule has 1 aromatic heterocycles. The number of benzene rings is 1. The molecule has 0 bridgehead atoms. The summed E-state index contributed by atoms with van der Waals surface area (Å²) in [4.78, 5) is 18.3. The normalized spacial score (nSPS) is 16.5. The SMILES string of the molecule is CC(C)c1nc(CN(C)C(=O)[C@H]2Cc3ccccc3O2)no1. The van der Waals surface area contributed by atoms with Crippen molar-refractivity contribution in [1.29, 1.82) is 0 Å². The molecule has 2 aromatic rings. The minimum absolute atomic E-state index is 0.0768. The van der Waals surface area contributed by atoms with Crippen molar-refractivity contribution in [3.05, 3.63) is 41.5 Å². The summed E-state index contributed by atoms with van der Waals surface area (Å²) in [5, 5.41) is 3.91. The van der Waals surface area contributed by atoms with Crippen LogP contribution in [0.25, 0.3) is 0 Å². The molecule has 0 unspecified atom stereocenters. The van der Waals surface area contributed by atoms with E-state index >= 15 is 0 Å². The van der Waals surface area contributed by atoms with Crippen LogP contribution < -0.4 is 4.74 Å². The van der Waals surface area contributed by atoms with Crippen LogP contribution in [0, 0.1) is 0 Å². The molecule has 0 fully saturated rings. The van der Waals surface area contributed by atoms with Gasteiger partial charge in [-0.25, -0.2) is 0 Å². The van der Waals surface area contributed by atoms with Crippen molar-refractivity contribution in [3.63, 3.8) is 0 Å². The molecule has 6 heteroatoms. The highest BCUT2D eigenvalue weighted by atomic mass is 16.5. The van der Waals surface area contributed by atoms with Gasteiger partial charge in [-0.05, 0) is 11.6 Å². The zero-order valence-corrected chi connectivity index (χ0v) is 12.9. The Morgan fingerprint density at radius 3 is 2.86 bits per heavy atom. The molecule has 2 heterocycles. The van der Waals surface area contributed by atoms with Gasteiger partial charge in [0.1, 0.15) is 5.75 Å². The van der Waals surface area contributed by atoms with Gasteiger partial charge in [-0.2, -0.15) is 4.98 Å². The molecule has 0 saturated carbocycles. The van der Waals surface area contributed by atoms with Crippen LogP contribution in [-0.4, -0.2) is 34.1 Å². The molecule has 0 saturated heterocycles. The number of carbonyl (C=O) groups is 1. The summed E-state index contributed by atoms with van der Waals surface area (Å²) in [6.45, 7) is 4.27. The highest BCUT2D eigenvalue weighted by Crippen LogP contribution is 2.28. The summed E-state index contributed by atoms with van der Waals surface area (Å²) in [5.74, 6) is 1.98. The van der Waals surface area contributed by atoms with Crippen molar-refractivity contribution in [2.75, 3.05) is 7.05 Å². The van der Waals surface area contributed by atoms with E-state index in [1.165, 1.54) is 0 Å². The van der Waals surface area contributed by atoms with E-state index in [1.807, 2.05) is 38.1 Å². The number of hydrogen-bond acceptors (Lipinski definition) is 5. The number of nitrogens with zero attached hydrogens (tertiary/aromatic N) is 3. The van der Waals surface area contributed by atoms with Crippen LogP contribution in [0.5, 0.6) is 5.75 Å². The molecule has 3 rings (SSSR count). The first-order valence-corrected chi connectivity index (χ1v) is 7.36. The Labute approximate surface area is 129 Å². The number of amides is 1. The van der Waals surface area contributed by atoms with E-state index in [4.69, 9.17) is 9.26 Å². The third kappa shape index (κ3) is 2.81. The lowest BCUT2D eigenvalue weighted by Crippen LogP contribution is -2.38. The lowest BCUT2D eigenvalue weighted by Gasteiger charge is -2.19. The average molecular weight is 301 g/mol. The Bertz CT molecular complexity index is 656. The van der Waals surface area contributed by atoms with Gasteiger partial charge in [-0.1, -0.05) is 37.2 Å². The van der Waals surface area contributed by atoms with Crippen molar-refractivity contribution >= 4 is 5.91 Å². The second-order valence-electron chi connectivity index (χ2n) is 5.82. The fraction of sp³-hybridized carbons (Fsp3) is 0.438. The molecule has 0 N–H and O–H groups in total. The molecule has 1 amide bonds. The molecule has 1 atom stereocenters. The smallest absolute Gasteiger partial charge is 0.264 e. The van der Waals surface area contributed by atoms with Gasteiger partial charge in [0.2, 0.25) is 5.89 Å². The van der Waals surface area contributed by atoms with Crippen molar-refractivity contribution in [2.24, 2.45) is 0 Å². The first-order chi connectivity index (χ1) is 10.5. The predicted octanol–water partition coefficient (Wildman–Crippen LogP) is 2.16. The van der Waals surface area contributed by atoms with E-state index < -0.39 is 6.10 Å². The van der Waals surface area contributed by atoms with E-state index in [0.29, 0.717) is 24.7 Å². The van der Waals surface area contributed by atoms with Gasteiger partial charge in [0.05, 0.1) is 6.54 Å². The average Bonchev–Trinajstić information content (AvgIpc) is 3.12. The van der Waals surface area contributed by atoms with Gasteiger partial charge in [0, 0.05) is 19.4 Å². The quantitative estimate of drug-likeness (QED) is 0.865. The molecular formula is C16H19N3O3. The molecule has 6 nitrogen and oxygen atoms in total. The number of aromatic nitrogens is 2. The van der Waals surface area contributed by atoms with Crippen LogP contribution >= 0.6 is 0 Å². The summed E-state index contributed by atoms with van der Waals surface area (Å²) < 4.78 is 10.9. The van der Waals surface area contributed by atoms with Gasteiger partial charge < -0.3 is 14.2 Å². The molecule has 0 spiro atoms. The number of ether oxygens (including phenoxy) is 1. The van der Waals surface area contributed by atoms with Gasteiger partial charge in [0.15, 0.2) is 11.9 Å². The molecule has 1 aliphatic heterocycles. The largest absolute Gasteiger partial charge is 0.480 e. The zero-order valence-electron chi connectivity index (χ0n) is 12.9. The Kier molecular flexibility index (Phi) is 3.83. The summed E-state index contributed by atoms with van der Waals surface area (Å²) in [7, 11) is 1.72. The molecule has 116 valence electrons. The Morgan fingerprint density at radius 1 is 1.41 bits per heavy atom. The third-order valence-electron chi connectivity index (χ3n) is 3.66. The minimum Gasteiger partial charge on any atom is -0.480 e. The van der Waals surface area contributed by atoms with Crippen LogP contribution in [0.3, 0.4) is 0 Å². The van der Waals surface area contributed by atoms with Crippen molar-refractivity contribution in [3.8, 4) is 5.75 Å². The summed E-state index contributed by atoms with van der Waals surface area (Å²) >= 11 is 0. The van der Waals surface area contributed by atoms with E-state index in [0.717, 1.165) is 11.3 Å². The van der Waals surface area contributed by atoms with Crippen molar-refractivity contribution in [2.45, 2.75) is 38.8 Å². The van der Waals surface area contributed by atoms with Crippen LogP contribution in [0.15, 0.2) is 28.8 Å². The second kappa shape index (κ2) is 5.79. The molecule has 22 heavy (non-hydrogen) atoms. The molecular weight excluding hydrogens is 282 g/mol. The maximum atomic E-state index is 12.5. The monoisotopic (exact) mass is 301 g/mol. The second-order valence-corrected chi connectivity index (χ2v) is 5.82. The molecule has 1 aliphatic rings. The van der Waals surface area contributed by atoms with Crippen LogP contribution in [0.2, 0.25) is 0 Å².